The molecule has 7 nitrogen and oxygen atoms in total. The van der Waals surface area contributed by atoms with Gasteiger partial charge in [0.15, 0.2) is 11.5 Å². The molecule has 2 heterocycles. The van der Waals surface area contributed by atoms with Crippen LogP contribution >= 0.6 is 15.9 Å². The molecule has 2 aliphatic heterocycles. The average Bonchev–Trinajstić information content (AvgIpc) is 2.75. The highest BCUT2D eigenvalue weighted by molar-refractivity contribution is 9.10. The molecule has 0 saturated carbocycles. The van der Waals surface area contributed by atoms with Gasteiger partial charge in [0.1, 0.15) is 13.2 Å². The predicted octanol–water partition coefficient (Wildman–Crippen LogP) is 2.30. The fourth-order valence-electron chi connectivity index (χ4n) is 3.40. The topological polar surface area (TPSA) is 76.2 Å². The highest BCUT2D eigenvalue weighted by atomic mass is 79.9. The van der Waals surface area contributed by atoms with Crippen molar-refractivity contribution in [2.24, 2.45) is 0 Å². The Morgan fingerprint density at radius 3 is 2.28 bits per heavy atom. The Balaban J connectivity index is 1.39. The number of nitrogens with zero attached hydrogens (tertiary/aromatic N) is 2. The van der Waals surface area contributed by atoms with Gasteiger partial charge in [-0.05, 0) is 29.8 Å². The van der Waals surface area contributed by atoms with Crippen LogP contribution in [0.15, 0.2) is 51.8 Å². The van der Waals surface area contributed by atoms with Crippen molar-refractivity contribution in [2.45, 2.75) is 11.3 Å². The van der Waals surface area contributed by atoms with E-state index in [9.17, 15) is 13.2 Å². The fourth-order valence-corrected chi connectivity index (χ4v) is 5.10. The van der Waals surface area contributed by atoms with Crippen LogP contribution in [0.2, 0.25) is 0 Å². The molecule has 2 aliphatic rings. The zero-order valence-electron chi connectivity index (χ0n) is 15.7. The van der Waals surface area contributed by atoms with Crippen LogP contribution in [0.1, 0.15) is 5.56 Å². The van der Waals surface area contributed by atoms with Crippen LogP contribution in [0, 0.1) is 0 Å². The number of hydrogen-bond acceptors (Lipinski definition) is 5. The molecule has 0 radical (unpaired) electrons. The van der Waals surface area contributed by atoms with Crippen LogP contribution in [0.3, 0.4) is 0 Å². The summed E-state index contributed by atoms with van der Waals surface area (Å²) in [5.41, 5.74) is 0.935. The lowest BCUT2D eigenvalue weighted by atomic mass is 10.1. The van der Waals surface area contributed by atoms with Crippen molar-refractivity contribution in [3.05, 3.63) is 52.5 Å². The Labute approximate surface area is 178 Å². The first-order valence-corrected chi connectivity index (χ1v) is 11.6. The van der Waals surface area contributed by atoms with Crippen molar-refractivity contribution in [2.75, 3.05) is 39.4 Å². The molecule has 2 aromatic rings. The van der Waals surface area contributed by atoms with Gasteiger partial charge in [0.25, 0.3) is 0 Å². The van der Waals surface area contributed by atoms with E-state index in [-0.39, 0.29) is 23.9 Å². The summed E-state index contributed by atoms with van der Waals surface area (Å²) < 4.78 is 39.3. The summed E-state index contributed by atoms with van der Waals surface area (Å²) in [5, 5.41) is 0. The van der Waals surface area contributed by atoms with Crippen molar-refractivity contribution >= 4 is 31.9 Å². The number of halogens is 1. The van der Waals surface area contributed by atoms with E-state index in [2.05, 4.69) is 15.9 Å². The molecule has 9 heteroatoms. The van der Waals surface area contributed by atoms with E-state index in [1.165, 1.54) is 16.4 Å². The quantitative estimate of drug-likeness (QED) is 0.670. The molecule has 29 heavy (non-hydrogen) atoms. The van der Waals surface area contributed by atoms with E-state index in [1.54, 1.807) is 11.0 Å². The minimum atomic E-state index is -3.65. The third kappa shape index (κ3) is 4.41. The summed E-state index contributed by atoms with van der Waals surface area (Å²) >= 11 is 3.38. The molecular formula is C20H21BrN2O5S. The number of rotatable bonds is 4. The van der Waals surface area contributed by atoms with Crippen molar-refractivity contribution in [3.8, 4) is 11.5 Å². The van der Waals surface area contributed by atoms with Crippen LogP contribution in [-0.4, -0.2) is 62.9 Å². The molecule has 0 aliphatic carbocycles. The lowest BCUT2D eigenvalue weighted by Gasteiger charge is -2.34. The Bertz CT molecular complexity index is 1000. The number of carbonyl (C=O) groups excluding carboxylic acids is 1. The third-order valence-corrected chi connectivity index (χ3v) is 7.43. The highest BCUT2D eigenvalue weighted by Gasteiger charge is 2.31. The first kappa shape index (κ1) is 20.2. The second-order valence-electron chi connectivity index (χ2n) is 6.89. The summed E-state index contributed by atoms with van der Waals surface area (Å²) in [6, 6.07) is 12.3. The largest absolute Gasteiger partial charge is 0.486 e. The first-order valence-electron chi connectivity index (χ1n) is 9.35. The maximum absolute atomic E-state index is 13.0. The van der Waals surface area contributed by atoms with Crippen LogP contribution in [0.4, 0.5) is 0 Å². The van der Waals surface area contributed by atoms with Crippen molar-refractivity contribution in [1.82, 2.24) is 9.21 Å². The maximum Gasteiger partial charge on any atom is 0.243 e. The van der Waals surface area contributed by atoms with E-state index in [1.807, 2.05) is 24.3 Å². The predicted molar refractivity (Wildman–Crippen MR) is 111 cm³/mol. The fraction of sp³-hybridized carbons (Fsp3) is 0.350. The minimum absolute atomic E-state index is 0.00343. The van der Waals surface area contributed by atoms with Crippen molar-refractivity contribution in [1.29, 1.82) is 0 Å². The van der Waals surface area contributed by atoms with Crippen LogP contribution in [-0.2, 0) is 21.2 Å². The minimum Gasteiger partial charge on any atom is -0.486 e. The molecule has 0 unspecified atom stereocenters. The molecule has 4 rings (SSSR count). The van der Waals surface area contributed by atoms with E-state index in [0.717, 1.165) is 10.0 Å². The summed E-state index contributed by atoms with van der Waals surface area (Å²) in [6.07, 6.45) is 0.308. The highest BCUT2D eigenvalue weighted by Crippen LogP contribution is 2.33. The molecule has 1 fully saturated rings. The zero-order valence-corrected chi connectivity index (χ0v) is 18.1. The number of amides is 1. The molecule has 2 aromatic carbocycles. The third-order valence-electron chi connectivity index (χ3n) is 5.01. The van der Waals surface area contributed by atoms with E-state index in [0.29, 0.717) is 44.2 Å². The summed E-state index contributed by atoms with van der Waals surface area (Å²) in [4.78, 5) is 14.5. The molecule has 1 saturated heterocycles. The molecule has 0 spiro atoms. The molecule has 0 N–H and O–H groups in total. The van der Waals surface area contributed by atoms with Crippen LogP contribution < -0.4 is 9.47 Å². The van der Waals surface area contributed by atoms with Gasteiger partial charge in [0.2, 0.25) is 15.9 Å². The zero-order chi connectivity index (χ0) is 20.4. The Morgan fingerprint density at radius 2 is 1.59 bits per heavy atom. The molecule has 1 amide bonds. The molecule has 0 bridgehead atoms. The molecule has 154 valence electrons. The van der Waals surface area contributed by atoms with Crippen molar-refractivity contribution < 1.29 is 22.7 Å². The summed E-state index contributed by atoms with van der Waals surface area (Å²) in [7, 11) is -3.65. The van der Waals surface area contributed by atoms with Gasteiger partial charge in [-0.2, -0.15) is 4.31 Å². The van der Waals surface area contributed by atoms with E-state index in [4.69, 9.17) is 9.47 Å². The number of fused-ring (bicyclic) bond motifs is 1. The number of carbonyl (C=O) groups is 1. The number of sulfonamides is 1. The van der Waals surface area contributed by atoms with Gasteiger partial charge in [-0.15, -0.1) is 0 Å². The summed E-state index contributed by atoms with van der Waals surface area (Å²) in [6.45, 7) is 2.13. The summed E-state index contributed by atoms with van der Waals surface area (Å²) in [5.74, 6) is 1.00. The van der Waals surface area contributed by atoms with Gasteiger partial charge in [0, 0.05) is 36.7 Å². The van der Waals surface area contributed by atoms with E-state index >= 15 is 0 Å². The van der Waals surface area contributed by atoms with Gasteiger partial charge >= 0.3 is 0 Å². The Kier molecular flexibility index (Phi) is 5.80. The van der Waals surface area contributed by atoms with Crippen LogP contribution in [0.5, 0.6) is 11.5 Å². The molecular weight excluding hydrogens is 460 g/mol. The second-order valence-corrected chi connectivity index (χ2v) is 9.75. The second kappa shape index (κ2) is 8.33. The van der Waals surface area contributed by atoms with Gasteiger partial charge in [-0.1, -0.05) is 28.1 Å². The Morgan fingerprint density at radius 1 is 0.931 bits per heavy atom. The lowest BCUT2D eigenvalue weighted by Crippen LogP contribution is -2.50. The first-order chi connectivity index (χ1) is 13.9. The standard InChI is InChI=1S/C20H21BrN2O5S/c21-16-3-1-15(2-4-16)13-20(24)22-7-9-23(10-8-22)29(25,26)17-5-6-18-19(14-17)28-12-11-27-18/h1-6,14H,7-13H2. The van der Waals surface area contributed by atoms with E-state index < -0.39 is 10.0 Å². The smallest absolute Gasteiger partial charge is 0.243 e. The van der Waals surface area contributed by atoms with Gasteiger partial charge in [0.05, 0.1) is 11.3 Å². The monoisotopic (exact) mass is 480 g/mol. The number of piperazine rings is 1. The Hall–Kier alpha value is -2.10. The average molecular weight is 481 g/mol. The number of hydrogen-bond donors (Lipinski definition) is 0. The normalized spacial score (nSPS) is 17.2. The maximum atomic E-state index is 13.0. The number of benzene rings is 2. The van der Waals surface area contributed by atoms with Gasteiger partial charge in [-0.25, -0.2) is 8.42 Å². The van der Waals surface area contributed by atoms with Gasteiger partial charge in [-0.3, -0.25) is 4.79 Å². The lowest BCUT2D eigenvalue weighted by molar-refractivity contribution is -0.131. The van der Waals surface area contributed by atoms with Gasteiger partial charge < -0.3 is 14.4 Å². The van der Waals surface area contributed by atoms with Crippen molar-refractivity contribution in [3.63, 3.8) is 0 Å². The molecule has 0 atom stereocenters. The molecule has 0 aromatic heterocycles. The SMILES string of the molecule is O=C(Cc1ccc(Br)cc1)N1CCN(S(=O)(=O)c2ccc3c(c2)OCCO3)CC1. The number of ether oxygens (including phenoxy) is 2. The van der Waals surface area contributed by atoms with Crippen LogP contribution in [0.25, 0.3) is 0 Å².